The Labute approximate surface area is 128 Å². The highest BCUT2D eigenvalue weighted by molar-refractivity contribution is 5.39. The molecule has 1 aromatic carbocycles. The molecule has 1 aromatic heterocycles. The summed E-state index contributed by atoms with van der Waals surface area (Å²) in [4.78, 5) is 0. The molecule has 3 heteroatoms. The van der Waals surface area contributed by atoms with Gasteiger partial charge in [0.25, 0.3) is 0 Å². The van der Waals surface area contributed by atoms with E-state index in [2.05, 4.69) is 68.0 Å². The first-order valence-electron chi connectivity index (χ1n) is 7.95. The fraction of sp³-hybridized carbons (Fsp3) is 0.500. The molecule has 0 bridgehead atoms. The number of aromatic nitrogens is 2. The number of nitrogens with zero attached hydrogens (tertiary/aromatic N) is 2. The van der Waals surface area contributed by atoms with E-state index in [4.69, 9.17) is 5.10 Å². The maximum absolute atomic E-state index is 4.79. The Kier molecular flexibility index (Phi) is 5.43. The van der Waals surface area contributed by atoms with Crippen LogP contribution in [0.4, 0.5) is 5.82 Å². The number of hydrogen-bond donors (Lipinski definition) is 1. The molecule has 0 amide bonds. The van der Waals surface area contributed by atoms with Gasteiger partial charge < -0.3 is 5.32 Å². The molecule has 3 nitrogen and oxygen atoms in total. The van der Waals surface area contributed by atoms with Crippen molar-refractivity contribution >= 4 is 5.82 Å². The van der Waals surface area contributed by atoms with Gasteiger partial charge in [0.15, 0.2) is 0 Å². The van der Waals surface area contributed by atoms with Crippen molar-refractivity contribution in [3.63, 3.8) is 0 Å². The molecule has 21 heavy (non-hydrogen) atoms. The van der Waals surface area contributed by atoms with E-state index >= 15 is 0 Å². The zero-order valence-electron chi connectivity index (χ0n) is 13.7. The van der Waals surface area contributed by atoms with Crippen LogP contribution in [0.25, 0.3) is 0 Å². The first-order chi connectivity index (χ1) is 10.1. The molecule has 0 radical (unpaired) electrons. The summed E-state index contributed by atoms with van der Waals surface area (Å²) in [7, 11) is 0. The van der Waals surface area contributed by atoms with Crippen molar-refractivity contribution in [2.24, 2.45) is 5.92 Å². The van der Waals surface area contributed by atoms with Crippen LogP contribution in [0.2, 0.25) is 0 Å². The van der Waals surface area contributed by atoms with Crippen LogP contribution in [0.3, 0.4) is 0 Å². The van der Waals surface area contributed by atoms with Crippen molar-refractivity contribution in [1.29, 1.82) is 0 Å². The summed E-state index contributed by atoms with van der Waals surface area (Å²) >= 11 is 0. The molecule has 0 fully saturated rings. The molecular formula is C18H27N3. The van der Waals surface area contributed by atoms with Crippen LogP contribution >= 0.6 is 0 Å². The van der Waals surface area contributed by atoms with Crippen LogP contribution in [0.1, 0.15) is 44.0 Å². The number of nitrogens with one attached hydrogen (secondary N) is 1. The lowest BCUT2D eigenvalue weighted by Gasteiger charge is -2.10. The van der Waals surface area contributed by atoms with Gasteiger partial charge in [0, 0.05) is 12.6 Å². The minimum atomic E-state index is 0.630. The van der Waals surface area contributed by atoms with E-state index in [9.17, 15) is 0 Å². The molecule has 0 spiro atoms. The van der Waals surface area contributed by atoms with E-state index in [0.29, 0.717) is 5.92 Å². The van der Waals surface area contributed by atoms with Gasteiger partial charge in [0.2, 0.25) is 0 Å². The summed E-state index contributed by atoms with van der Waals surface area (Å²) in [6.07, 6.45) is 2.15. The third-order valence-corrected chi connectivity index (χ3v) is 3.59. The monoisotopic (exact) mass is 285 g/mol. The number of hydrogen-bond acceptors (Lipinski definition) is 2. The Balaban J connectivity index is 2.23. The van der Waals surface area contributed by atoms with Gasteiger partial charge in [-0.1, -0.05) is 45.0 Å². The lowest BCUT2D eigenvalue weighted by atomic mass is 10.1. The molecule has 2 rings (SSSR count). The van der Waals surface area contributed by atoms with Crippen molar-refractivity contribution in [2.45, 2.75) is 47.1 Å². The second-order valence-electron chi connectivity index (χ2n) is 6.13. The van der Waals surface area contributed by atoms with Crippen molar-refractivity contribution in [3.8, 4) is 0 Å². The molecule has 0 saturated heterocycles. The Morgan fingerprint density at radius 1 is 1.24 bits per heavy atom. The zero-order chi connectivity index (χ0) is 15.2. The maximum atomic E-state index is 4.79. The summed E-state index contributed by atoms with van der Waals surface area (Å²) in [5.74, 6) is 1.77. The minimum Gasteiger partial charge on any atom is -0.370 e. The average Bonchev–Trinajstić information content (AvgIpc) is 2.80. The maximum Gasteiger partial charge on any atom is 0.124 e. The summed E-state index contributed by atoms with van der Waals surface area (Å²) in [5, 5.41) is 8.29. The lowest BCUT2D eigenvalue weighted by molar-refractivity contribution is 0.608. The summed E-state index contributed by atoms with van der Waals surface area (Å²) < 4.78 is 2.11. The second-order valence-corrected chi connectivity index (χ2v) is 6.13. The fourth-order valence-electron chi connectivity index (χ4n) is 2.45. The van der Waals surface area contributed by atoms with Crippen LogP contribution in [-0.2, 0) is 13.0 Å². The molecular weight excluding hydrogens is 258 g/mol. The van der Waals surface area contributed by atoms with Gasteiger partial charge in [-0.15, -0.1) is 0 Å². The van der Waals surface area contributed by atoms with E-state index in [1.165, 1.54) is 16.8 Å². The quantitative estimate of drug-likeness (QED) is 0.823. The molecule has 0 aliphatic carbocycles. The van der Waals surface area contributed by atoms with Gasteiger partial charge in [-0.25, -0.2) is 4.68 Å². The number of rotatable bonds is 7. The second kappa shape index (κ2) is 7.30. The van der Waals surface area contributed by atoms with Crippen LogP contribution in [-0.4, -0.2) is 16.3 Å². The standard InChI is InChI=1S/C18H27N3/c1-5-10-19-18-12-17(11-14(2)3)20-21(18)13-16-9-7-6-8-15(16)4/h6-9,12,14,19H,5,10-11,13H2,1-4H3. The summed E-state index contributed by atoms with van der Waals surface area (Å²) in [6, 6.07) is 10.7. The molecule has 0 atom stereocenters. The molecule has 0 unspecified atom stereocenters. The SMILES string of the molecule is CCCNc1cc(CC(C)C)nn1Cc1ccccc1C. The van der Waals surface area contributed by atoms with Gasteiger partial charge >= 0.3 is 0 Å². The van der Waals surface area contributed by atoms with Crippen LogP contribution in [0, 0.1) is 12.8 Å². The molecule has 0 aliphatic rings. The molecule has 0 saturated carbocycles. The third kappa shape index (κ3) is 4.35. The van der Waals surface area contributed by atoms with E-state index < -0.39 is 0 Å². The van der Waals surface area contributed by atoms with Gasteiger partial charge in [0.1, 0.15) is 5.82 Å². The van der Waals surface area contributed by atoms with Crippen LogP contribution in [0.15, 0.2) is 30.3 Å². The van der Waals surface area contributed by atoms with E-state index in [-0.39, 0.29) is 0 Å². The smallest absolute Gasteiger partial charge is 0.124 e. The highest BCUT2D eigenvalue weighted by Crippen LogP contribution is 2.17. The highest BCUT2D eigenvalue weighted by Gasteiger charge is 2.10. The fourth-order valence-corrected chi connectivity index (χ4v) is 2.45. The molecule has 0 aliphatic heterocycles. The largest absolute Gasteiger partial charge is 0.370 e. The molecule has 114 valence electrons. The van der Waals surface area contributed by atoms with Crippen molar-refractivity contribution < 1.29 is 0 Å². The molecule has 1 N–H and O–H groups in total. The Morgan fingerprint density at radius 2 is 2.00 bits per heavy atom. The van der Waals surface area contributed by atoms with Gasteiger partial charge in [-0.05, 0) is 36.8 Å². The summed E-state index contributed by atoms with van der Waals surface area (Å²) in [6.45, 7) is 10.6. The van der Waals surface area contributed by atoms with Crippen molar-refractivity contribution in [3.05, 3.63) is 47.2 Å². The highest BCUT2D eigenvalue weighted by atomic mass is 15.3. The zero-order valence-corrected chi connectivity index (χ0v) is 13.7. The first kappa shape index (κ1) is 15.6. The normalized spacial score (nSPS) is 11.1. The lowest BCUT2D eigenvalue weighted by Crippen LogP contribution is -2.10. The Morgan fingerprint density at radius 3 is 2.67 bits per heavy atom. The van der Waals surface area contributed by atoms with E-state index in [1.807, 2.05) is 0 Å². The topological polar surface area (TPSA) is 29.9 Å². The third-order valence-electron chi connectivity index (χ3n) is 3.59. The summed E-state index contributed by atoms with van der Waals surface area (Å²) in [5.41, 5.74) is 3.83. The molecule has 1 heterocycles. The van der Waals surface area contributed by atoms with Crippen LogP contribution in [0.5, 0.6) is 0 Å². The predicted molar refractivity (Wildman–Crippen MR) is 89.8 cm³/mol. The van der Waals surface area contributed by atoms with Gasteiger partial charge in [0.05, 0.1) is 12.2 Å². The average molecular weight is 285 g/mol. The predicted octanol–water partition coefficient (Wildman–Crippen LogP) is 4.26. The van der Waals surface area contributed by atoms with Crippen LogP contribution < -0.4 is 5.32 Å². The van der Waals surface area contributed by atoms with Gasteiger partial charge in [-0.2, -0.15) is 5.10 Å². The minimum absolute atomic E-state index is 0.630. The van der Waals surface area contributed by atoms with Crippen molar-refractivity contribution in [2.75, 3.05) is 11.9 Å². The van der Waals surface area contributed by atoms with E-state index in [1.54, 1.807) is 0 Å². The number of benzene rings is 1. The Hall–Kier alpha value is -1.77. The first-order valence-corrected chi connectivity index (χ1v) is 7.95. The van der Waals surface area contributed by atoms with E-state index in [0.717, 1.165) is 31.7 Å². The number of anilines is 1. The molecule has 2 aromatic rings. The van der Waals surface area contributed by atoms with Crippen molar-refractivity contribution in [1.82, 2.24) is 9.78 Å². The number of aryl methyl sites for hydroxylation is 1. The van der Waals surface area contributed by atoms with Gasteiger partial charge in [-0.3, -0.25) is 0 Å². The Bertz CT molecular complexity index is 570.